The number of nitrogens with zero attached hydrogens (tertiary/aromatic N) is 2. The Labute approximate surface area is 150 Å². The molecule has 0 aliphatic carbocycles. The summed E-state index contributed by atoms with van der Waals surface area (Å²) in [4.78, 5) is 27.6. The van der Waals surface area contributed by atoms with Crippen molar-refractivity contribution in [2.45, 2.75) is 20.3 Å². The lowest BCUT2D eigenvalue weighted by Gasteiger charge is -2.35. The van der Waals surface area contributed by atoms with Crippen molar-refractivity contribution in [1.29, 1.82) is 0 Å². The first-order chi connectivity index (χ1) is 11.4. The van der Waals surface area contributed by atoms with Gasteiger partial charge in [0.1, 0.15) is 6.42 Å². The molecule has 0 atom stereocenters. The van der Waals surface area contributed by atoms with Gasteiger partial charge in [-0.15, -0.1) is 0 Å². The van der Waals surface area contributed by atoms with Crippen LogP contribution >= 0.6 is 23.8 Å². The zero-order chi connectivity index (χ0) is 17.4. The van der Waals surface area contributed by atoms with Crippen molar-refractivity contribution in [3.8, 4) is 0 Å². The average molecular weight is 359 g/mol. The molecule has 2 amide bonds. The van der Waals surface area contributed by atoms with Crippen molar-refractivity contribution in [2.24, 2.45) is 0 Å². The molecule has 0 unspecified atom stereocenters. The molecule has 0 bridgehead atoms. The summed E-state index contributed by atoms with van der Waals surface area (Å²) in [5, 5.41) is 0.638. The lowest BCUT2D eigenvalue weighted by Crippen LogP contribution is -2.55. The highest BCUT2D eigenvalue weighted by molar-refractivity contribution is 7.81. The zero-order valence-corrected chi connectivity index (χ0v) is 14.8. The van der Waals surface area contributed by atoms with Crippen LogP contribution in [0, 0.1) is 13.8 Å². The van der Waals surface area contributed by atoms with Gasteiger partial charge in [0.05, 0.1) is 11.4 Å². The van der Waals surface area contributed by atoms with Gasteiger partial charge in [-0.1, -0.05) is 23.7 Å². The molecule has 0 radical (unpaired) electrons. The minimum atomic E-state index is -0.354. The molecule has 1 fully saturated rings. The molecule has 1 saturated heterocycles. The van der Waals surface area contributed by atoms with E-state index < -0.39 is 0 Å². The van der Waals surface area contributed by atoms with E-state index in [1.54, 1.807) is 24.3 Å². The molecule has 0 N–H and O–H groups in total. The SMILES string of the molecule is Cc1ccc(N2C(=O)CC(=O)N(c3cccc(Cl)c3)C2=S)cc1C. The van der Waals surface area contributed by atoms with Crippen molar-refractivity contribution in [3.63, 3.8) is 0 Å². The second-order valence-corrected chi connectivity index (χ2v) is 6.47. The van der Waals surface area contributed by atoms with E-state index in [0.29, 0.717) is 16.4 Å². The summed E-state index contributed by atoms with van der Waals surface area (Å²) in [6.45, 7) is 3.97. The van der Waals surface area contributed by atoms with Crippen LogP contribution in [-0.2, 0) is 9.59 Å². The quantitative estimate of drug-likeness (QED) is 0.601. The maximum Gasteiger partial charge on any atom is 0.242 e. The summed E-state index contributed by atoms with van der Waals surface area (Å²) in [5.74, 6) is -0.682. The van der Waals surface area contributed by atoms with Gasteiger partial charge in [-0.05, 0) is 67.5 Å². The van der Waals surface area contributed by atoms with Gasteiger partial charge < -0.3 is 0 Å². The maximum atomic E-state index is 12.4. The molecule has 1 aliphatic rings. The average Bonchev–Trinajstić information content (AvgIpc) is 2.50. The van der Waals surface area contributed by atoms with Crippen LogP contribution in [0.4, 0.5) is 11.4 Å². The van der Waals surface area contributed by atoms with E-state index in [-0.39, 0.29) is 23.3 Å². The van der Waals surface area contributed by atoms with Gasteiger partial charge >= 0.3 is 0 Å². The number of anilines is 2. The fourth-order valence-corrected chi connectivity index (χ4v) is 3.19. The monoisotopic (exact) mass is 358 g/mol. The Hall–Kier alpha value is -2.24. The minimum Gasteiger partial charge on any atom is -0.273 e. The van der Waals surface area contributed by atoms with E-state index in [9.17, 15) is 9.59 Å². The van der Waals surface area contributed by atoms with Crippen LogP contribution in [0.15, 0.2) is 42.5 Å². The van der Waals surface area contributed by atoms with Gasteiger partial charge in [0.25, 0.3) is 0 Å². The molecule has 0 aromatic heterocycles. The molecule has 4 nitrogen and oxygen atoms in total. The first-order valence-corrected chi connectivity index (χ1v) is 8.20. The molecular weight excluding hydrogens is 344 g/mol. The molecule has 1 heterocycles. The molecule has 24 heavy (non-hydrogen) atoms. The van der Waals surface area contributed by atoms with Gasteiger partial charge in [-0.3, -0.25) is 19.4 Å². The van der Waals surface area contributed by atoms with E-state index >= 15 is 0 Å². The third kappa shape index (κ3) is 2.92. The predicted octanol–water partition coefficient (Wildman–Crippen LogP) is 4.01. The molecule has 0 spiro atoms. The number of carbonyl (C=O) groups is 2. The van der Waals surface area contributed by atoms with Gasteiger partial charge in [0, 0.05) is 5.02 Å². The molecule has 2 aromatic rings. The van der Waals surface area contributed by atoms with Crippen LogP contribution in [0.2, 0.25) is 5.02 Å². The number of amides is 2. The summed E-state index contributed by atoms with van der Waals surface area (Å²) in [6.07, 6.45) is -0.237. The van der Waals surface area contributed by atoms with Gasteiger partial charge in [0.15, 0.2) is 5.11 Å². The van der Waals surface area contributed by atoms with E-state index in [1.807, 2.05) is 32.0 Å². The van der Waals surface area contributed by atoms with Crippen molar-refractivity contribution < 1.29 is 9.59 Å². The number of hydrogen-bond donors (Lipinski definition) is 0. The Kier molecular flexibility index (Phi) is 4.39. The maximum absolute atomic E-state index is 12.4. The molecule has 0 saturated carbocycles. The minimum absolute atomic E-state index is 0.141. The summed E-state index contributed by atoms with van der Waals surface area (Å²) in [5.41, 5.74) is 3.39. The van der Waals surface area contributed by atoms with Crippen molar-refractivity contribution in [2.75, 3.05) is 9.80 Å². The lowest BCUT2D eigenvalue weighted by molar-refractivity contribution is -0.126. The van der Waals surface area contributed by atoms with Crippen LogP contribution < -0.4 is 9.80 Å². The van der Waals surface area contributed by atoms with E-state index in [4.69, 9.17) is 23.8 Å². The summed E-state index contributed by atoms with van der Waals surface area (Å²) >= 11 is 11.5. The van der Waals surface area contributed by atoms with Crippen LogP contribution in [0.3, 0.4) is 0 Å². The zero-order valence-electron chi connectivity index (χ0n) is 13.2. The van der Waals surface area contributed by atoms with E-state index in [1.165, 1.54) is 9.80 Å². The number of carbonyl (C=O) groups excluding carboxylic acids is 2. The van der Waals surface area contributed by atoms with E-state index in [0.717, 1.165) is 11.1 Å². The first-order valence-electron chi connectivity index (χ1n) is 7.41. The number of aryl methyl sites for hydroxylation is 2. The Balaban J connectivity index is 2.04. The molecular formula is C18H15ClN2O2S. The summed E-state index contributed by atoms with van der Waals surface area (Å²) in [6, 6.07) is 12.5. The smallest absolute Gasteiger partial charge is 0.242 e. The molecule has 6 heteroatoms. The van der Waals surface area contributed by atoms with Crippen LogP contribution in [0.25, 0.3) is 0 Å². The Morgan fingerprint density at radius 3 is 2.12 bits per heavy atom. The van der Waals surface area contributed by atoms with Crippen molar-refractivity contribution in [3.05, 3.63) is 58.6 Å². The van der Waals surface area contributed by atoms with Gasteiger partial charge in [-0.25, -0.2) is 0 Å². The predicted molar refractivity (Wildman–Crippen MR) is 99.6 cm³/mol. The topological polar surface area (TPSA) is 40.6 Å². The number of rotatable bonds is 2. The largest absolute Gasteiger partial charge is 0.273 e. The van der Waals surface area contributed by atoms with E-state index in [2.05, 4.69) is 0 Å². The third-order valence-corrected chi connectivity index (χ3v) is 4.60. The normalized spacial score (nSPS) is 15.2. The highest BCUT2D eigenvalue weighted by Crippen LogP contribution is 2.29. The molecule has 3 rings (SSSR count). The van der Waals surface area contributed by atoms with Crippen LogP contribution in [0.5, 0.6) is 0 Å². The van der Waals surface area contributed by atoms with Crippen LogP contribution in [-0.4, -0.2) is 16.9 Å². The fourth-order valence-electron chi connectivity index (χ4n) is 2.59. The van der Waals surface area contributed by atoms with Gasteiger partial charge in [0.2, 0.25) is 11.8 Å². The second kappa shape index (κ2) is 6.34. The Bertz CT molecular complexity index is 866. The Morgan fingerprint density at radius 2 is 1.54 bits per heavy atom. The third-order valence-electron chi connectivity index (χ3n) is 4.00. The fraction of sp³-hybridized carbons (Fsp3) is 0.167. The number of hydrogen-bond acceptors (Lipinski definition) is 3. The lowest BCUT2D eigenvalue weighted by atomic mass is 10.1. The highest BCUT2D eigenvalue weighted by atomic mass is 35.5. The van der Waals surface area contributed by atoms with Gasteiger partial charge in [-0.2, -0.15) is 0 Å². The number of halogens is 1. The summed E-state index contributed by atoms with van der Waals surface area (Å²) in [7, 11) is 0. The summed E-state index contributed by atoms with van der Waals surface area (Å²) < 4.78 is 0. The standard InChI is InChI=1S/C18H15ClN2O2S/c1-11-6-7-15(8-12(11)2)21-17(23)10-16(22)20(18(21)24)14-5-3-4-13(19)9-14/h3-9H,10H2,1-2H3. The second-order valence-electron chi connectivity index (χ2n) is 5.67. The number of thiocarbonyl (C=S) groups is 1. The van der Waals surface area contributed by atoms with Crippen LogP contribution in [0.1, 0.15) is 17.5 Å². The van der Waals surface area contributed by atoms with Crippen molar-refractivity contribution >= 4 is 52.1 Å². The molecule has 122 valence electrons. The Morgan fingerprint density at radius 1 is 0.917 bits per heavy atom. The van der Waals surface area contributed by atoms with Crippen molar-refractivity contribution in [1.82, 2.24) is 0 Å². The highest BCUT2D eigenvalue weighted by Gasteiger charge is 2.37. The molecule has 2 aromatic carbocycles. The molecule has 1 aliphatic heterocycles. The first kappa shape index (κ1) is 16.6. The number of benzene rings is 2.